The Labute approximate surface area is 101 Å². The van der Waals surface area contributed by atoms with Gasteiger partial charge >= 0.3 is 0 Å². The molecule has 2 unspecified atom stereocenters. The number of ether oxygens (including phenoxy) is 2. The molecule has 1 fully saturated rings. The molecule has 3 N–H and O–H groups in total. The van der Waals surface area contributed by atoms with Crippen molar-refractivity contribution in [1.29, 1.82) is 0 Å². The highest BCUT2D eigenvalue weighted by Gasteiger charge is 2.31. The topological polar surface area (TPSA) is 74.3 Å². The molecular weight excluding hydrogens is 220 g/mol. The summed E-state index contributed by atoms with van der Waals surface area (Å²) in [5.74, 6) is 6.84. The van der Waals surface area contributed by atoms with Crippen LogP contribution in [-0.2, 0) is 11.3 Å². The van der Waals surface area contributed by atoms with E-state index < -0.39 is 0 Å². The zero-order chi connectivity index (χ0) is 12.3. The Hall–Kier alpha value is -1.11. The van der Waals surface area contributed by atoms with Gasteiger partial charge in [-0.05, 0) is 13.3 Å². The fourth-order valence-corrected chi connectivity index (χ4v) is 2.35. The largest absolute Gasteiger partial charge is 0.493 e. The summed E-state index contributed by atoms with van der Waals surface area (Å²) in [6, 6.07) is 0.0231. The Morgan fingerprint density at radius 1 is 1.76 bits per heavy atom. The lowest BCUT2D eigenvalue weighted by atomic mass is 9.96. The zero-order valence-electron chi connectivity index (χ0n) is 10.3. The van der Waals surface area contributed by atoms with E-state index in [2.05, 4.69) is 17.4 Å². The van der Waals surface area contributed by atoms with Gasteiger partial charge in [0.1, 0.15) is 0 Å². The minimum atomic E-state index is 0.0231. The number of nitrogens with one attached hydrogen (secondary N) is 1. The van der Waals surface area contributed by atoms with Gasteiger partial charge in [-0.2, -0.15) is 5.10 Å². The van der Waals surface area contributed by atoms with E-state index in [9.17, 15) is 0 Å². The van der Waals surface area contributed by atoms with Crippen LogP contribution in [0.25, 0.3) is 0 Å². The molecule has 0 amide bonds. The number of hydrogen-bond donors (Lipinski definition) is 2. The third kappa shape index (κ3) is 2.29. The van der Waals surface area contributed by atoms with Crippen molar-refractivity contribution in [2.45, 2.75) is 25.9 Å². The normalized spacial score (nSPS) is 21.7. The molecule has 1 aromatic rings. The Balaban J connectivity index is 2.30. The van der Waals surface area contributed by atoms with E-state index in [0.29, 0.717) is 5.92 Å². The van der Waals surface area contributed by atoms with E-state index >= 15 is 0 Å². The van der Waals surface area contributed by atoms with Gasteiger partial charge in [-0.25, -0.2) is 0 Å². The Morgan fingerprint density at radius 2 is 2.59 bits per heavy atom. The quantitative estimate of drug-likeness (QED) is 0.577. The molecule has 1 aliphatic heterocycles. The number of rotatable bonds is 5. The maximum absolute atomic E-state index is 5.69. The lowest BCUT2D eigenvalue weighted by molar-refractivity contribution is 0.175. The van der Waals surface area contributed by atoms with Gasteiger partial charge in [0.15, 0.2) is 5.75 Å². The van der Waals surface area contributed by atoms with Crippen molar-refractivity contribution in [2.24, 2.45) is 11.8 Å². The summed E-state index contributed by atoms with van der Waals surface area (Å²) in [6.07, 6.45) is 2.74. The van der Waals surface area contributed by atoms with Crippen LogP contribution in [0.2, 0.25) is 0 Å². The summed E-state index contributed by atoms with van der Waals surface area (Å²) in [4.78, 5) is 0. The van der Waals surface area contributed by atoms with Gasteiger partial charge in [0, 0.05) is 19.1 Å². The van der Waals surface area contributed by atoms with Gasteiger partial charge in [0.25, 0.3) is 0 Å². The van der Waals surface area contributed by atoms with Gasteiger partial charge in [0.05, 0.1) is 31.6 Å². The molecule has 2 atom stereocenters. The predicted molar refractivity (Wildman–Crippen MR) is 63.4 cm³/mol. The molecule has 1 saturated heterocycles. The fourth-order valence-electron chi connectivity index (χ4n) is 2.35. The molecule has 96 valence electrons. The van der Waals surface area contributed by atoms with Crippen LogP contribution in [0.5, 0.6) is 5.75 Å². The third-order valence-electron chi connectivity index (χ3n) is 3.27. The summed E-state index contributed by atoms with van der Waals surface area (Å²) in [5, 5.41) is 4.30. The van der Waals surface area contributed by atoms with Gasteiger partial charge in [-0.1, -0.05) is 0 Å². The third-order valence-corrected chi connectivity index (χ3v) is 3.27. The van der Waals surface area contributed by atoms with Crippen molar-refractivity contribution in [2.75, 3.05) is 20.3 Å². The standard InChI is InChI=1S/C11H20N4O2/c1-3-15-11(9(16-2)6-13-15)10(14-12)8-4-5-17-7-8/h6,8,10,14H,3-5,7,12H2,1-2H3. The summed E-state index contributed by atoms with van der Waals surface area (Å²) < 4.78 is 12.7. The van der Waals surface area contributed by atoms with Crippen LogP contribution in [0.3, 0.4) is 0 Å². The molecule has 0 aliphatic carbocycles. The van der Waals surface area contributed by atoms with Crippen LogP contribution in [0.1, 0.15) is 25.1 Å². The minimum absolute atomic E-state index is 0.0231. The number of methoxy groups -OCH3 is 1. The number of aromatic nitrogens is 2. The first-order valence-electron chi connectivity index (χ1n) is 5.95. The van der Waals surface area contributed by atoms with Crippen LogP contribution in [0.4, 0.5) is 0 Å². The first kappa shape index (κ1) is 12.3. The summed E-state index contributed by atoms with van der Waals surface area (Å²) in [5.41, 5.74) is 3.88. The van der Waals surface area contributed by atoms with Crippen molar-refractivity contribution < 1.29 is 9.47 Å². The number of nitrogens with two attached hydrogens (primary N) is 1. The highest BCUT2D eigenvalue weighted by Crippen LogP contribution is 2.33. The second-order valence-corrected chi connectivity index (χ2v) is 4.18. The van der Waals surface area contributed by atoms with Crippen molar-refractivity contribution in [3.05, 3.63) is 11.9 Å². The maximum atomic E-state index is 5.69. The van der Waals surface area contributed by atoms with Gasteiger partial charge in [-0.15, -0.1) is 0 Å². The first-order chi connectivity index (χ1) is 8.31. The maximum Gasteiger partial charge on any atom is 0.161 e. The first-order valence-corrected chi connectivity index (χ1v) is 5.95. The van der Waals surface area contributed by atoms with E-state index in [-0.39, 0.29) is 6.04 Å². The highest BCUT2D eigenvalue weighted by molar-refractivity contribution is 5.29. The Bertz CT molecular complexity index is 339. The second-order valence-electron chi connectivity index (χ2n) is 4.18. The summed E-state index contributed by atoms with van der Waals surface area (Å²) >= 11 is 0. The van der Waals surface area contributed by atoms with Gasteiger partial charge in [0.2, 0.25) is 0 Å². The predicted octanol–water partition coefficient (Wildman–Crippen LogP) is 0.452. The SMILES string of the molecule is CCn1ncc(OC)c1C(NN)C1CCOC1. The van der Waals surface area contributed by atoms with E-state index in [1.807, 2.05) is 4.68 Å². The average Bonchev–Trinajstić information content (AvgIpc) is 2.99. The number of aryl methyl sites for hydroxylation is 1. The van der Waals surface area contributed by atoms with Crippen molar-refractivity contribution >= 4 is 0 Å². The number of hydrazine groups is 1. The van der Waals surface area contributed by atoms with Crippen LogP contribution in [-0.4, -0.2) is 30.1 Å². The van der Waals surface area contributed by atoms with Crippen molar-refractivity contribution in [3.63, 3.8) is 0 Å². The molecular formula is C11H20N4O2. The van der Waals surface area contributed by atoms with E-state index in [1.54, 1.807) is 13.3 Å². The van der Waals surface area contributed by atoms with E-state index in [4.69, 9.17) is 15.3 Å². The van der Waals surface area contributed by atoms with E-state index in [0.717, 1.165) is 37.6 Å². The summed E-state index contributed by atoms with van der Waals surface area (Å²) in [6.45, 7) is 4.37. The molecule has 6 heteroatoms. The molecule has 0 aromatic carbocycles. The fraction of sp³-hybridized carbons (Fsp3) is 0.727. The molecule has 1 aliphatic rings. The molecule has 2 heterocycles. The highest BCUT2D eigenvalue weighted by atomic mass is 16.5. The second kappa shape index (κ2) is 5.48. The molecule has 0 bridgehead atoms. The Morgan fingerprint density at radius 3 is 3.12 bits per heavy atom. The van der Waals surface area contributed by atoms with Crippen molar-refractivity contribution in [1.82, 2.24) is 15.2 Å². The average molecular weight is 240 g/mol. The van der Waals surface area contributed by atoms with E-state index in [1.165, 1.54) is 0 Å². The van der Waals surface area contributed by atoms with Gasteiger partial charge < -0.3 is 9.47 Å². The lowest BCUT2D eigenvalue weighted by Gasteiger charge is -2.23. The summed E-state index contributed by atoms with van der Waals surface area (Å²) in [7, 11) is 1.65. The number of hydrogen-bond acceptors (Lipinski definition) is 5. The smallest absolute Gasteiger partial charge is 0.161 e. The monoisotopic (exact) mass is 240 g/mol. The molecule has 0 spiro atoms. The zero-order valence-corrected chi connectivity index (χ0v) is 10.3. The Kier molecular flexibility index (Phi) is 3.98. The lowest BCUT2D eigenvalue weighted by Crippen LogP contribution is -2.35. The van der Waals surface area contributed by atoms with Crippen LogP contribution < -0.4 is 16.0 Å². The van der Waals surface area contributed by atoms with Crippen molar-refractivity contribution in [3.8, 4) is 5.75 Å². The number of nitrogens with zero attached hydrogens (tertiary/aromatic N) is 2. The molecule has 0 saturated carbocycles. The van der Waals surface area contributed by atoms with Crippen LogP contribution in [0, 0.1) is 5.92 Å². The molecule has 6 nitrogen and oxygen atoms in total. The van der Waals surface area contributed by atoms with Crippen LogP contribution in [0.15, 0.2) is 6.20 Å². The van der Waals surface area contributed by atoms with Crippen LogP contribution >= 0.6 is 0 Å². The molecule has 17 heavy (non-hydrogen) atoms. The minimum Gasteiger partial charge on any atom is -0.493 e. The molecule has 0 radical (unpaired) electrons. The van der Waals surface area contributed by atoms with Gasteiger partial charge in [-0.3, -0.25) is 16.0 Å². The molecule has 2 rings (SSSR count). The molecule has 1 aromatic heterocycles.